The number of hydrogen-bond donors (Lipinski definition) is 3. The van der Waals surface area contributed by atoms with E-state index in [9.17, 15) is 13.2 Å². The molecule has 1 aromatic rings. The molecule has 1 aromatic carbocycles. The Kier molecular flexibility index (Phi) is 6.15. The van der Waals surface area contributed by atoms with E-state index in [2.05, 4.69) is 10.0 Å². The summed E-state index contributed by atoms with van der Waals surface area (Å²) in [5, 5.41) is 2.78. The van der Waals surface area contributed by atoms with Crippen LogP contribution in [0.4, 0.5) is 0 Å². The fourth-order valence-electron chi connectivity index (χ4n) is 2.78. The van der Waals surface area contributed by atoms with Crippen LogP contribution in [0.3, 0.4) is 0 Å². The first-order chi connectivity index (χ1) is 10.9. The lowest BCUT2D eigenvalue weighted by Crippen LogP contribution is -2.40. The molecule has 2 atom stereocenters. The molecule has 0 saturated heterocycles. The average Bonchev–Trinajstić information content (AvgIpc) is 2.52. The maximum absolute atomic E-state index is 12.1. The van der Waals surface area contributed by atoms with E-state index in [1.807, 2.05) is 6.92 Å². The van der Waals surface area contributed by atoms with Gasteiger partial charge in [0.25, 0.3) is 0 Å². The van der Waals surface area contributed by atoms with E-state index in [0.29, 0.717) is 6.42 Å². The first-order valence-corrected chi connectivity index (χ1v) is 9.46. The van der Waals surface area contributed by atoms with Crippen molar-refractivity contribution in [3.8, 4) is 0 Å². The standard InChI is InChI=1S/C16H25N3O3S/c1-12-5-7-15(8-6-12)23(21,22)19-10-9-18-16(20)13-3-2-4-14(17)11-13/h5-8,13-14,19H,2-4,9-11,17H2,1H3,(H,18,20). The Balaban J connectivity index is 1.76. The third-order valence-corrected chi connectivity index (χ3v) is 5.61. The van der Waals surface area contributed by atoms with Gasteiger partial charge in [-0.25, -0.2) is 13.1 Å². The smallest absolute Gasteiger partial charge is 0.240 e. The topological polar surface area (TPSA) is 101 Å². The number of benzene rings is 1. The van der Waals surface area contributed by atoms with Crippen LogP contribution in [-0.4, -0.2) is 33.5 Å². The molecule has 0 heterocycles. The highest BCUT2D eigenvalue weighted by Gasteiger charge is 2.25. The summed E-state index contributed by atoms with van der Waals surface area (Å²) in [5.74, 6) is -0.0814. The molecule has 1 aliphatic rings. The molecule has 2 rings (SSSR count). The number of nitrogens with one attached hydrogen (secondary N) is 2. The minimum absolute atomic E-state index is 0.0327. The zero-order valence-electron chi connectivity index (χ0n) is 13.4. The minimum Gasteiger partial charge on any atom is -0.355 e. The molecular formula is C16H25N3O3S. The van der Waals surface area contributed by atoms with Gasteiger partial charge < -0.3 is 11.1 Å². The van der Waals surface area contributed by atoms with Crippen LogP contribution in [0.5, 0.6) is 0 Å². The predicted octanol–water partition coefficient (Wildman–Crippen LogP) is 0.907. The molecule has 6 nitrogen and oxygen atoms in total. The fraction of sp³-hybridized carbons (Fsp3) is 0.562. The second-order valence-corrected chi connectivity index (χ2v) is 7.89. The van der Waals surface area contributed by atoms with Crippen LogP contribution < -0.4 is 15.8 Å². The predicted molar refractivity (Wildman–Crippen MR) is 89.3 cm³/mol. The Morgan fingerprint density at radius 3 is 2.57 bits per heavy atom. The number of aryl methyl sites for hydroxylation is 1. The Hall–Kier alpha value is -1.44. The zero-order chi connectivity index (χ0) is 16.9. The number of nitrogens with two attached hydrogens (primary N) is 1. The second kappa shape index (κ2) is 7.90. The number of carbonyl (C=O) groups is 1. The monoisotopic (exact) mass is 339 g/mol. The molecule has 1 saturated carbocycles. The molecule has 0 bridgehead atoms. The van der Waals surface area contributed by atoms with E-state index >= 15 is 0 Å². The van der Waals surface area contributed by atoms with E-state index in [-0.39, 0.29) is 35.9 Å². The summed E-state index contributed by atoms with van der Waals surface area (Å²) in [6.07, 6.45) is 3.51. The van der Waals surface area contributed by atoms with E-state index in [0.717, 1.165) is 24.8 Å². The van der Waals surface area contributed by atoms with Crippen molar-refractivity contribution in [1.82, 2.24) is 10.0 Å². The van der Waals surface area contributed by atoms with Gasteiger partial charge in [0.1, 0.15) is 0 Å². The van der Waals surface area contributed by atoms with Crippen LogP contribution in [0, 0.1) is 12.8 Å². The van der Waals surface area contributed by atoms with Gasteiger partial charge in [0.2, 0.25) is 15.9 Å². The molecule has 0 radical (unpaired) electrons. The van der Waals surface area contributed by atoms with Crippen LogP contribution >= 0.6 is 0 Å². The largest absolute Gasteiger partial charge is 0.355 e. The van der Waals surface area contributed by atoms with Gasteiger partial charge in [-0.15, -0.1) is 0 Å². The Bertz CT molecular complexity index is 628. The van der Waals surface area contributed by atoms with Crippen LogP contribution in [0.25, 0.3) is 0 Å². The Morgan fingerprint density at radius 2 is 1.91 bits per heavy atom. The maximum Gasteiger partial charge on any atom is 0.240 e. The van der Waals surface area contributed by atoms with Gasteiger partial charge in [0, 0.05) is 25.0 Å². The van der Waals surface area contributed by atoms with E-state index in [4.69, 9.17) is 5.73 Å². The summed E-state index contributed by atoms with van der Waals surface area (Å²) in [4.78, 5) is 12.3. The minimum atomic E-state index is -3.53. The highest BCUT2D eigenvalue weighted by Crippen LogP contribution is 2.22. The second-order valence-electron chi connectivity index (χ2n) is 6.13. The van der Waals surface area contributed by atoms with Gasteiger partial charge in [-0.1, -0.05) is 24.1 Å². The Labute approximate surface area is 137 Å². The quantitative estimate of drug-likeness (QED) is 0.670. The van der Waals surface area contributed by atoms with E-state index in [1.54, 1.807) is 24.3 Å². The van der Waals surface area contributed by atoms with Gasteiger partial charge in [-0.05, 0) is 38.3 Å². The molecule has 0 aliphatic heterocycles. The molecule has 1 aliphatic carbocycles. The summed E-state index contributed by atoms with van der Waals surface area (Å²) < 4.78 is 26.7. The van der Waals surface area contributed by atoms with Crippen LogP contribution in [0.1, 0.15) is 31.2 Å². The van der Waals surface area contributed by atoms with Gasteiger partial charge in [-0.3, -0.25) is 4.79 Å². The van der Waals surface area contributed by atoms with Crippen LogP contribution in [0.2, 0.25) is 0 Å². The van der Waals surface area contributed by atoms with Gasteiger partial charge >= 0.3 is 0 Å². The molecule has 23 heavy (non-hydrogen) atoms. The van der Waals surface area contributed by atoms with Crippen LogP contribution in [-0.2, 0) is 14.8 Å². The highest BCUT2D eigenvalue weighted by atomic mass is 32.2. The molecule has 128 valence electrons. The third kappa shape index (κ3) is 5.30. The number of rotatable bonds is 6. The highest BCUT2D eigenvalue weighted by molar-refractivity contribution is 7.89. The van der Waals surface area contributed by atoms with Gasteiger partial charge in [-0.2, -0.15) is 0 Å². The van der Waals surface area contributed by atoms with Crippen molar-refractivity contribution in [2.45, 2.75) is 43.5 Å². The fourth-order valence-corrected chi connectivity index (χ4v) is 3.81. The van der Waals surface area contributed by atoms with Crippen molar-refractivity contribution in [1.29, 1.82) is 0 Å². The SMILES string of the molecule is Cc1ccc(S(=O)(=O)NCCNC(=O)C2CCCC(N)C2)cc1. The summed E-state index contributed by atoms with van der Waals surface area (Å²) in [6.45, 7) is 2.34. The third-order valence-electron chi connectivity index (χ3n) is 4.13. The van der Waals surface area contributed by atoms with Crippen molar-refractivity contribution >= 4 is 15.9 Å². The number of hydrogen-bond acceptors (Lipinski definition) is 4. The number of amides is 1. The van der Waals surface area contributed by atoms with Crippen molar-refractivity contribution < 1.29 is 13.2 Å². The first kappa shape index (κ1) is 17.9. The lowest BCUT2D eigenvalue weighted by molar-refractivity contribution is -0.126. The van der Waals surface area contributed by atoms with Crippen LogP contribution in [0.15, 0.2) is 29.2 Å². The summed E-state index contributed by atoms with van der Waals surface area (Å²) in [6, 6.07) is 6.74. The zero-order valence-corrected chi connectivity index (χ0v) is 14.2. The van der Waals surface area contributed by atoms with Crippen molar-refractivity contribution in [3.63, 3.8) is 0 Å². The normalized spacial score (nSPS) is 21.8. The first-order valence-electron chi connectivity index (χ1n) is 7.98. The van der Waals surface area contributed by atoms with Gasteiger partial charge in [0.15, 0.2) is 0 Å². The number of sulfonamides is 1. The molecule has 0 spiro atoms. The maximum atomic E-state index is 12.1. The summed E-state index contributed by atoms with van der Waals surface area (Å²) in [5.41, 5.74) is 6.88. The molecule has 1 fully saturated rings. The van der Waals surface area contributed by atoms with E-state index in [1.165, 1.54) is 0 Å². The van der Waals surface area contributed by atoms with Crippen molar-refractivity contribution in [3.05, 3.63) is 29.8 Å². The number of carbonyl (C=O) groups excluding carboxylic acids is 1. The average molecular weight is 339 g/mol. The van der Waals surface area contributed by atoms with Gasteiger partial charge in [0.05, 0.1) is 4.90 Å². The lowest BCUT2D eigenvalue weighted by Gasteiger charge is -2.25. The molecule has 1 amide bonds. The molecule has 2 unspecified atom stereocenters. The summed E-state index contributed by atoms with van der Waals surface area (Å²) in [7, 11) is -3.53. The molecule has 4 N–H and O–H groups in total. The summed E-state index contributed by atoms with van der Waals surface area (Å²) >= 11 is 0. The molecule has 0 aromatic heterocycles. The molecular weight excluding hydrogens is 314 g/mol. The van der Waals surface area contributed by atoms with E-state index < -0.39 is 10.0 Å². The Morgan fingerprint density at radius 1 is 1.22 bits per heavy atom. The molecule has 7 heteroatoms. The lowest BCUT2D eigenvalue weighted by atomic mass is 9.85. The van der Waals surface area contributed by atoms with Crippen molar-refractivity contribution in [2.24, 2.45) is 11.7 Å². The van der Waals surface area contributed by atoms with Crippen molar-refractivity contribution in [2.75, 3.05) is 13.1 Å².